The van der Waals surface area contributed by atoms with Crippen LogP contribution in [0.4, 0.5) is 0 Å². The molecule has 0 aliphatic rings. The fourth-order valence-electron chi connectivity index (χ4n) is 1.08. The zero-order valence-corrected chi connectivity index (χ0v) is 7.80. The lowest BCUT2D eigenvalue weighted by atomic mass is 10.1. The Balaban J connectivity index is 3.09. The van der Waals surface area contributed by atoms with Crippen molar-refractivity contribution < 1.29 is 14.6 Å². The lowest BCUT2D eigenvalue weighted by Crippen LogP contribution is -2.19. The molecule has 1 atom stereocenters. The van der Waals surface area contributed by atoms with E-state index in [-0.39, 0.29) is 12.3 Å². The van der Waals surface area contributed by atoms with Crippen molar-refractivity contribution >= 4 is 5.97 Å². The van der Waals surface area contributed by atoms with E-state index in [2.05, 4.69) is 9.72 Å². The molecule has 14 heavy (non-hydrogen) atoms. The van der Waals surface area contributed by atoms with Crippen LogP contribution in [0.1, 0.15) is 22.1 Å². The third-order valence-corrected chi connectivity index (χ3v) is 1.81. The molecule has 1 unspecified atom stereocenters. The zero-order chi connectivity index (χ0) is 10.6. The molecule has 1 rings (SSSR count). The molecule has 0 bridgehead atoms. The van der Waals surface area contributed by atoms with Gasteiger partial charge in [0.15, 0.2) is 5.69 Å². The van der Waals surface area contributed by atoms with Crippen LogP contribution in [0.5, 0.6) is 0 Å². The summed E-state index contributed by atoms with van der Waals surface area (Å²) in [6, 6.07) is 2.68. The predicted octanol–water partition coefficient (Wildman–Crippen LogP) is -0.140. The van der Waals surface area contributed by atoms with Crippen LogP contribution in [0, 0.1) is 0 Å². The minimum Gasteiger partial charge on any atom is -0.464 e. The van der Waals surface area contributed by atoms with E-state index in [1.165, 1.54) is 13.3 Å². The first-order chi connectivity index (χ1) is 6.70. The Morgan fingerprint density at radius 3 is 3.07 bits per heavy atom. The van der Waals surface area contributed by atoms with Crippen LogP contribution in [0.15, 0.2) is 18.3 Å². The molecule has 1 aromatic heterocycles. The molecule has 0 radical (unpaired) electrons. The first-order valence-corrected chi connectivity index (χ1v) is 4.10. The zero-order valence-electron chi connectivity index (χ0n) is 7.80. The maximum absolute atomic E-state index is 11.2. The van der Waals surface area contributed by atoms with Crippen LogP contribution < -0.4 is 5.73 Å². The summed E-state index contributed by atoms with van der Waals surface area (Å²) in [5, 5.41) is 8.86. The van der Waals surface area contributed by atoms with E-state index in [0.29, 0.717) is 5.56 Å². The summed E-state index contributed by atoms with van der Waals surface area (Å²) in [5.41, 5.74) is 6.23. The van der Waals surface area contributed by atoms with Crippen LogP contribution in [0.2, 0.25) is 0 Å². The minimum atomic E-state index is -0.613. The first kappa shape index (κ1) is 10.6. The van der Waals surface area contributed by atoms with Crippen molar-refractivity contribution in [2.75, 3.05) is 13.7 Å². The van der Waals surface area contributed by atoms with Crippen molar-refractivity contribution in [1.82, 2.24) is 4.98 Å². The average Bonchev–Trinajstić information content (AvgIpc) is 2.27. The molecule has 3 N–H and O–H groups in total. The number of methoxy groups -OCH3 is 1. The second-order valence-electron chi connectivity index (χ2n) is 2.72. The lowest BCUT2D eigenvalue weighted by Gasteiger charge is -2.11. The topological polar surface area (TPSA) is 85.4 Å². The van der Waals surface area contributed by atoms with Crippen LogP contribution in [-0.4, -0.2) is 29.8 Å². The number of nitrogens with zero attached hydrogens (tertiary/aromatic N) is 1. The molecule has 0 aliphatic heterocycles. The Morgan fingerprint density at radius 1 is 1.79 bits per heavy atom. The van der Waals surface area contributed by atoms with E-state index < -0.39 is 12.0 Å². The van der Waals surface area contributed by atoms with Crippen molar-refractivity contribution in [1.29, 1.82) is 0 Å². The van der Waals surface area contributed by atoms with E-state index in [9.17, 15) is 4.79 Å². The van der Waals surface area contributed by atoms with Gasteiger partial charge >= 0.3 is 5.97 Å². The van der Waals surface area contributed by atoms with Crippen LogP contribution in [0.3, 0.4) is 0 Å². The van der Waals surface area contributed by atoms with Gasteiger partial charge in [0.25, 0.3) is 0 Å². The molecule has 0 aromatic carbocycles. The highest BCUT2D eigenvalue weighted by molar-refractivity contribution is 5.88. The van der Waals surface area contributed by atoms with Crippen molar-refractivity contribution in [2.45, 2.75) is 6.04 Å². The number of rotatable bonds is 3. The highest BCUT2D eigenvalue weighted by Crippen LogP contribution is 2.13. The number of ether oxygens (including phenoxy) is 1. The summed E-state index contributed by atoms with van der Waals surface area (Å²) < 4.78 is 4.53. The number of nitrogens with two attached hydrogens (primary N) is 1. The van der Waals surface area contributed by atoms with Gasteiger partial charge in [-0.05, 0) is 6.07 Å². The number of hydrogen-bond acceptors (Lipinski definition) is 5. The number of aromatic nitrogens is 1. The molecule has 1 aromatic rings. The van der Waals surface area contributed by atoms with Gasteiger partial charge in [0.1, 0.15) is 0 Å². The normalized spacial score (nSPS) is 12.2. The highest BCUT2D eigenvalue weighted by Gasteiger charge is 2.17. The number of aliphatic hydroxyl groups is 1. The number of aliphatic hydroxyl groups excluding tert-OH is 1. The van der Waals surface area contributed by atoms with Crippen molar-refractivity contribution in [3.63, 3.8) is 0 Å². The first-order valence-electron chi connectivity index (χ1n) is 4.10. The number of carbonyl (C=O) groups is 1. The number of esters is 1. The Hall–Kier alpha value is -1.46. The quantitative estimate of drug-likeness (QED) is 0.657. The van der Waals surface area contributed by atoms with Gasteiger partial charge in [-0.1, -0.05) is 6.07 Å². The van der Waals surface area contributed by atoms with Gasteiger partial charge < -0.3 is 15.6 Å². The predicted molar refractivity (Wildman–Crippen MR) is 49.6 cm³/mol. The minimum absolute atomic E-state index is 0.150. The standard InChI is InChI=1S/C9H12N2O3/c1-14-9(13)8-6(7(10)5-12)3-2-4-11-8/h2-4,7,12H,5,10H2,1H3. The van der Waals surface area contributed by atoms with Crippen molar-refractivity contribution in [2.24, 2.45) is 5.73 Å². The summed E-state index contributed by atoms with van der Waals surface area (Å²) in [5.74, 6) is -0.551. The number of carbonyl (C=O) groups excluding carboxylic acids is 1. The molecule has 1 heterocycles. The molecular weight excluding hydrogens is 184 g/mol. The molecule has 76 valence electrons. The fraction of sp³-hybridized carbons (Fsp3) is 0.333. The third kappa shape index (κ3) is 2.07. The number of hydrogen-bond donors (Lipinski definition) is 2. The summed E-state index contributed by atoms with van der Waals surface area (Å²) in [7, 11) is 1.27. The SMILES string of the molecule is COC(=O)c1ncccc1C(N)CO. The van der Waals surface area contributed by atoms with Gasteiger partial charge in [0.05, 0.1) is 19.8 Å². The Labute approximate surface area is 81.5 Å². The summed E-state index contributed by atoms with van der Waals surface area (Å²) in [6.07, 6.45) is 1.47. The van der Waals surface area contributed by atoms with Gasteiger partial charge in [-0.3, -0.25) is 0 Å². The maximum atomic E-state index is 11.2. The monoisotopic (exact) mass is 196 g/mol. The maximum Gasteiger partial charge on any atom is 0.356 e. The highest BCUT2D eigenvalue weighted by atomic mass is 16.5. The molecule has 0 aliphatic carbocycles. The molecule has 5 heteroatoms. The van der Waals surface area contributed by atoms with Crippen molar-refractivity contribution in [3.05, 3.63) is 29.6 Å². The Kier molecular flexibility index (Phi) is 3.55. The van der Waals surface area contributed by atoms with Crippen LogP contribution in [0.25, 0.3) is 0 Å². The molecular formula is C9H12N2O3. The molecule has 0 saturated heterocycles. The smallest absolute Gasteiger partial charge is 0.356 e. The molecule has 0 spiro atoms. The molecule has 0 amide bonds. The third-order valence-electron chi connectivity index (χ3n) is 1.81. The summed E-state index contributed by atoms with van der Waals surface area (Å²) >= 11 is 0. The molecule has 5 nitrogen and oxygen atoms in total. The van der Waals surface area contributed by atoms with E-state index in [1.807, 2.05) is 0 Å². The van der Waals surface area contributed by atoms with Crippen LogP contribution >= 0.6 is 0 Å². The van der Waals surface area contributed by atoms with Gasteiger partial charge in [0, 0.05) is 11.8 Å². The Bertz CT molecular complexity index is 328. The van der Waals surface area contributed by atoms with E-state index in [0.717, 1.165) is 0 Å². The van der Waals surface area contributed by atoms with E-state index in [1.54, 1.807) is 12.1 Å². The van der Waals surface area contributed by atoms with Gasteiger partial charge in [-0.15, -0.1) is 0 Å². The second-order valence-corrected chi connectivity index (χ2v) is 2.72. The van der Waals surface area contributed by atoms with E-state index in [4.69, 9.17) is 10.8 Å². The van der Waals surface area contributed by atoms with E-state index >= 15 is 0 Å². The fourth-order valence-corrected chi connectivity index (χ4v) is 1.08. The van der Waals surface area contributed by atoms with Crippen LogP contribution in [-0.2, 0) is 4.74 Å². The second kappa shape index (κ2) is 4.69. The van der Waals surface area contributed by atoms with Gasteiger partial charge in [0.2, 0.25) is 0 Å². The van der Waals surface area contributed by atoms with Crippen molar-refractivity contribution in [3.8, 4) is 0 Å². The lowest BCUT2D eigenvalue weighted by molar-refractivity contribution is 0.0591. The number of pyridine rings is 1. The van der Waals surface area contributed by atoms with Gasteiger partial charge in [-0.25, -0.2) is 9.78 Å². The average molecular weight is 196 g/mol. The largest absolute Gasteiger partial charge is 0.464 e. The van der Waals surface area contributed by atoms with Gasteiger partial charge in [-0.2, -0.15) is 0 Å². The molecule has 0 saturated carbocycles. The summed E-state index contributed by atoms with van der Waals surface area (Å²) in [4.78, 5) is 15.1. The summed E-state index contributed by atoms with van der Waals surface area (Å²) in [6.45, 7) is -0.240. The molecule has 0 fully saturated rings. The Morgan fingerprint density at radius 2 is 2.50 bits per heavy atom.